The van der Waals surface area contributed by atoms with E-state index in [1.54, 1.807) is 6.42 Å². The van der Waals surface area contributed by atoms with Gasteiger partial charge in [-0.15, -0.1) is 0 Å². The molecule has 0 aromatic heterocycles. The average Bonchev–Trinajstić information content (AvgIpc) is 2.20. The Labute approximate surface area is 84.1 Å². The normalized spacial score (nSPS) is 39.9. The van der Waals surface area contributed by atoms with Gasteiger partial charge in [-0.2, -0.15) is 0 Å². The molecule has 0 saturated heterocycles. The summed E-state index contributed by atoms with van der Waals surface area (Å²) in [5, 5.41) is 0. The SMILES string of the molecule is CC.CCC1CC[C@@H]2C[C@H]1C2(C)C. The summed E-state index contributed by atoms with van der Waals surface area (Å²) in [6, 6.07) is 0. The Morgan fingerprint density at radius 3 is 2.08 bits per heavy atom. The molecule has 3 atom stereocenters. The van der Waals surface area contributed by atoms with Crippen molar-refractivity contribution in [3.63, 3.8) is 0 Å². The molecule has 1 unspecified atom stereocenters. The lowest BCUT2D eigenvalue weighted by molar-refractivity contribution is -0.105. The summed E-state index contributed by atoms with van der Waals surface area (Å²) in [6.07, 6.45) is 6.00. The van der Waals surface area contributed by atoms with Gasteiger partial charge >= 0.3 is 0 Å². The molecule has 3 aliphatic rings. The first-order valence-corrected chi connectivity index (χ1v) is 6.16. The zero-order valence-corrected chi connectivity index (χ0v) is 10.1. The molecule has 13 heavy (non-hydrogen) atoms. The Balaban J connectivity index is 0.000000396. The molecule has 0 aromatic carbocycles. The van der Waals surface area contributed by atoms with Gasteiger partial charge in [-0.1, -0.05) is 41.0 Å². The van der Waals surface area contributed by atoms with E-state index in [1.165, 1.54) is 19.3 Å². The second kappa shape index (κ2) is 4.02. The molecule has 3 aliphatic carbocycles. The molecule has 0 heterocycles. The van der Waals surface area contributed by atoms with Crippen molar-refractivity contribution in [2.24, 2.45) is 23.2 Å². The molecule has 3 fully saturated rings. The summed E-state index contributed by atoms with van der Waals surface area (Å²) in [5.74, 6) is 3.22. The molecule has 3 saturated carbocycles. The van der Waals surface area contributed by atoms with Crippen LogP contribution in [0.5, 0.6) is 0 Å². The highest BCUT2D eigenvalue weighted by Gasteiger charge is 2.53. The van der Waals surface area contributed by atoms with Crippen molar-refractivity contribution in [3.05, 3.63) is 0 Å². The van der Waals surface area contributed by atoms with Crippen LogP contribution < -0.4 is 0 Å². The Kier molecular flexibility index (Phi) is 3.43. The fourth-order valence-corrected chi connectivity index (χ4v) is 3.45. The van der Waals surface area contributed by atoms with Gasteiger partial charge in [-0.3, -0.25) is 0 Å². The van der Waals surface area contributed by atoms with Crippen LogP contribution in [0.1, 0.15) is 60.3 Å². The van der Waals surface area contributed by atoms with Crippen molar-refractivity contribution in [1.29, 1.82) is 0 Å². The quantitative estimate of drug-likeness (QED) is 0.560. The van der Waals surface area contributed by atoms with E-state index in [4.69, 9.17) is 0 Å². The molecule has 0 aromatic rings. The van der Waals surface area contributed by atoms with Gasteiger partial charge < -0.3 is 0 Å². The highest BCUT2D eigenvalue weighted by Crippen LogP contribution is 2.61. The molecule has 0 N–H and O–H groups in total. The largest absolute Gasteiger partial charge is 0.0683 e. The number of hydrogen-bond acceptors (Lipinski definition) is 0. The molecule has 3 rings (SSSR count). The molecule has 0 amide bonds. The maximum Gasteiger partial charge on any atom is -0.0295 e. The van der Waals surface area contributed by atoms with E-state index >= 15 is 0 Å². The zero-order valence-electron chi connectivity index (χ0n) is 10.1. The highest BCUT2D eigenvalue weighted by molar-refractivity contribution is 5.02. The summed E-state index contributed by atoms with van der Waals surface area (Å²) < 4.78 is 0. The summed E-state index contributed by atoms with van der Waals surface area (Å²) in [7, 11) is 0. The van der Waals surface area contributed by atoms with Gasteiger partial charge in [0.2, 0.25) is 0 Å². The van der Waals surface area contributed by atoms with E-state index in [0.29, 0.717) is 5.41 Å². The van der Waals surface area contributed by atoms with Gasteiger partial charge in [-0.05, 0) is 42.4 Å². The van der Waals surface area contributed by atoms with Gasteiger partial charge in [-0.25, -0.2) is 0 Å². The van der Waals surface area contributed by atoms with Gasteiger partial charge in [0.15, 0.2) is 0 Å². The first-order chi connectivity index (χ1) is 6.16. The highest BCUT2D eigenvalue weighted by atomic mass is 14.6. The molecule has 0 heteroatoms. The van der Waals surface area contributed by atoms with Crippen LogP contribution in [0.4, 0.5) is 0 Å². The summed E-state index contributed by atoms with van der Waals surface area (Å²) in [6.45, 7) is 11.3. The van der Waals surface area contributed by atoms with Crippen LogP contribution in [0.3, 0.4) is 0 Å². The number of hydrogen-bond donors (Lipinski definition) is 0. The number of fused-ring (bicyclic) bond motifs is 2. The Morgan fingerprint density at radius 1 is 1.15 bits per heavy atom. The van der Waals surface area contributed by atoms with Crippen LogP contribution in [0.25, 0.3) is 0 Å². The summed E-state index contributed by atoms with van der Waals surface area (Å²) >= 11 is 0. The van der Waals surface area contributed by atoms with Gasteiger partial charge in [0.05, 0.1) is 0 Å². The van der Waals surface area contributed by atoms with Crippen molar-refractivity contribution in [2.75, 3.05) is 0 Å². The minimum atomic E-state index is 0.707. The van der Waals surface area contributed by atoms with E-state index < -0.39 is 0 Å². The van der Waals surface area contributed by atoms with Crippen molar-refractivity contribution in [3.8, 4) is 0 Å². The van der Waals surface area contributed by atoms with E-state index in [2.05, 4.69) is 20.8 Å². The van der Waals surface area contributed by atoms with Crippen LogP contribution in [0, 0.1) is 23.2 Å². The monoisotopic (exact) mass is 182 g/mol. The predicted molar refractivity (Wildman–Crippen MR) is 59.7 cm³/mol. The van der Waals surface area contributed by atoms with Crippen molar-refractivity contribution in [2.45, 2.75) is 60.3 Å². The minimum Gasteiger partial charge on any atom is -0.0683 e. The van der Waals surface area contributed by atoms with Crippen LogP contribution in [0.2, 0.25) is 0 Å². The molecule has 78 valence electrons. The third-order valence-electron chi connectivity index (χ3n) is 4.53. The second-order valence-electron chi connectivity index (χ2n) is 5.11. The van der Waals surface area contributed by atoms with Crippen LogP contribution in [0.15, 0.2) is 0 Å². The third kappa shape index (κ3) is 1.65. The van der Waals surface area contributed by atoms with Gasteiger partial charge in [0, 0.05) is 0 Å². The summed E-state index contributed by atoms with van der Waals surface area (Å²) in [5.41, 5.74) is 0.707. The lowest BCUT2D eigenvalue weighted by atomic mass is 9.45. The second-order valence-corrected chi connectivity index (χ2v) is 5.11. The first-order valence-electron chi connectivity index (χ1n) is 6.16. The Hall–Kier alpha value is 0. The standard InChI is InChI=1S/C11H20.C2H6/c1-4-8-5-6-9-7-10(8)11(9,2)3;1-2/h8-10H,4-7H2,1-3H3;1-2H3/t8?,9-,10-;/m1./s1. The zero-order chi connectivity index (χ0) is 10.1. The molecule has 0 spiro atoms. The lowest BCUT2D eigenvalue weighted by Gasteiger charge is -2.60. The molecule has 2 bridgehead atoms. The molecular weight excluding hydrogens is 156 g/mol. The van der Waals surface area contributed by atoms with E-state index in [-0.39, 0.29) is 0 Å². The van der Waals surface area contributed by atoms with Crippen molar-refractivity contribution < 1.29 is 0 Å². The number of rotatable bonds is 1. The molecule has 0 radical (unpaired) electrons. The van der Waals surface area contributed by atoms with Gasteiger partial charge in [0.1, 0.15) is 0 Å². The predicted octanol–water partition coefficient (Wildman–Crippen LogP) is 4.49. The van der Waals surface area contributed by atoms with E-state index in [1.807, 2.05) is 13.8 Å². The summed E-state index contributed by atoms with van der Waals surface area (Å²) in [4.78, 5) is 0. The van der Waals surface area contributed by atoms with Crippen LogP contribution in [-0.2, 0) is 0 Å². The van der Waals surface area contributed by atoms with Crippen LogP contribution in [-0.4, -0.2) is 0 Å². The first kappa shape index (κ1) is 11.1. The van der Waals surface area contributed by atoms with Crippen molar-refractivity contribution >= 4 is 0 Å². The average molecular weight is 182 g/mol. The maximum atomic E-state index is 2.48. The van der Waals surface area contributed by atoms with Crippen molar-refractivity contribution in [1.82, 2.24) is 0 Å². The lowest BCUT2D eigenvalue weighted by Crippen LogP contribution is -2.52. The van der Waals surface area contributed by atoms with E-state index in [0.717, 1.165) is 17.8 Å². The molecule has 0 aliphatic heterocycles. The van der Waals surface area contributed by atoms with Gasteiger partial charge in [0.25, 0.3) is 0 Å². The topological polar surface area (TPSA) is 0 Å². The fourth-order valence-electron chi connectivity index (χ4n) is 3.45. The molecular formula is C13H26. The minimum absolute atomic E-state index is 0.707. The maximum absolute atomic E-state index is 2.48. The Morgan fingerprint density at radius 2 is 1.77 bits per heavy atom. The van der Waals surface area contributed by atoms with E-state index in [9.17, 15) is 0 Å². The smallest absolute Gasteiger partial charge is 0.0295 e. The fraction of sp³-hybridized carbons (Fsp3) is 1.00. The molecule has 0 nitrogen and oxygen atoms in total. The Bertz CT molecular complexity index is 155. The third-order valence-corrected chi connectivity index (χ3v) is 4.53. The van der Waals surface area contributed by atoms with Crippen LogP contribution >= 0.6 is 0 Å².